The standard InChI is InChI=1S/C16H22N4O/c1-4-21-16-10-14(19-15(20-16)9-12(2)3)18-11-13-7-5-6-8-17-13/h5-8,10,12H,4,9,11H2,1-3H3,(H,18,19,20). The summed E-state index contributed by atoms with van der Waals surface area (Å²) in [7, 11) is 0. The molecule has 1 N–H and O–H groups in total. The fraction of sp³-hybridized carbons (Fsp3) is 0.438. The number of anilines is 1. The quantitative estimate of drug-likeness (QED) is 0.847. The monoisotopic (exact) mass is 286 g/mol. The van der Waals surface area contributed by atoms with Crippen LogP contribution in [-0.4, -0.2) is 21.6 Å². The van der Waals surface area contributed by atoms with E-state index in [1.165, 1.54) is 0 Å². The summed E-state index contributed by atoms with van der Waals surface area (Å²) in [5.41, 5.74) is 0.972. The Hall–Kier alpha value is -2.17. The van der Waals surface area contributed by atoms with Gasteiger partial charge in [-0.25, -0.2) is 4.98 Å². The van der Waals surface area contributed by atoms with Crippen molar-refractivity contribution in [2.75, 3.05) is 11.9 Å². The van der Waals surface area contributed by atoms with Crippen molar-refractivity contribution in [1.29, 1.82) is 0 Å². The minimum atomic E-state index is 0.505. The summed E-state index contributed by atoms with van der Waals surface area (Å²) >= 11 is 0. The fourth-order valence-corrected chi connectivity index (χ4v) is 1.93. The predicted octanol–water partition coefficient (Wildman–Crippen LogP) is 3.08. The second-order valence-electron chi connectivity index (χ2n) is 5.21. The molecule has 0 fully saturated rings. The van der Waals surface area contributed by atoms with Crippen LogP contribution in [0.4, 0.5) is 5.82 Å². The molecule has 112 valence electrons. The molecule has 0 saturated heterocycles. The summed E-state index contributed by atoms with van der Waals surface area (Å²) in [6.45, 7) is 7.48. The Kier molecular flexibility index (Phi) is 5.49. The van der Waals surface area contributed by atoms with E-state index in [0.29, 0.717) is 24.9 Å². The second-order valence-corrected chi connectivity index (χ2v) is 5.21. The molecule has 0 unspecified atom stereocenters. The molecule has 21 heavy (non-hydrogen) atoms. The van der Waals surface area contributed by atoms with E-state index in [1.807, 2.05) is 31.2 Å². The van der Waals surface area contributed by atoms with E-state index in [-0.39, 0.29) is 0 Å². The highest BCUT2D eigenvalue weighted by atomic mass is 16.5. The molecule has 0 aliphatic carbocycles. The summed E-state index contributed by atoms with van der Waals surface area (Å²) in [6, 6.07) is 7.69. The van der Waals surface area contributed by atoms with Crippen molar-refractivity contribution in [3.63, 3.8) is 0 Å². The minimum Gasteiger partial charge on any atom is -0.478 e. The summed E-state index contributed by atoms with van der Waals surface area (Å²) < 4.78 is 5.51. The van der Waals surface area contributed by atoms with Gasteiger partial charge in [-0.15, -0.1) is 0 Å². The molecule has 2 rings (SSSR count). The molecule has 2 aromatic heterocycles. The molecule has 0 aliphatic heterocycles. The molecule has 0 radical (unpaired) electrons. The average molecular weight is 286 g/mol. The number of ether oxygens (including phenoxy) is 1. The molecule has 0 aromatic carbocycles. The molecule has 0 bridgehead atoms. The Morgan fingerprint density at radius 3 is 2.76 bits per heavy atom. The van der Waals surface area contributed by atoms with Gasteiger partial charge in [-0.2, -0.15) is 4.98 Å². The maximum Gasteiger partial charge on any atom is 0.218 e. The van der Waals surface area contributed by atoms with Crippen LogP contribution in [0.2, 0.25) is 0 Å². The molecule has 0 amide bonds. The molecule has 0 atom stereocenters. The lowest BCUT2D eigenvalue weighted by molar-refractivity contribution is 0.324. The van der Waals surface area contributed by atoms with Gasteiger partial charge in [0.25, 0.3) is 0 Å². The van der Waals surface area contributed by atoms with Gasteiger partial charge in [0.2, 0.25) is 5.88 Å². The van der Waals surface area contributed by atoms with Gasteiger partial charge < -0.3 is 10.1 Å². The normalized spacial score (nSPS) is 10.7. The highest BCUT2D eigenvalue weighted by Gasteiger charge is 2.07. The van der Waals surface area contributed by atoms with Crippen LogP contribution in [0.5, 0.6) is 5.88 Å². The molecule has 0 aliphatic rings. The van der Waals surface area contributed by atoms with Crippen LogP contribution in [-0.2, 0) is 13.0 Å². The Morgan fingerprint density at radius 2 is 2.10 bits per heavy atom. The van der Waals surface area contributed by atoms with E-state index in [9.17, 15) is 0 Å². The molecule has 5 nitrogen and oxygen atoms in total. The zero-order valence-electron chi connectivity index (χ0n) is 12.8. The average Bonchev–Trinajstić information content (AvgIpc) is 2.46. The third-order valence-corrected chi connectivity index (χ3v) is 2.81. The van der Waals surface area contributed by atoms with Crippen LogP contribution in [0.25, 0.3) is 0 Å². The van der Waals surface area contributed by atoms with Crippen molar-refractivity contribution in [2.24, 2.45) is 5.92 Å². The highest BCUT2D eigenvalue weighted by Crippen LogP contribution is 2.16. The maximum absolute atomic E-state index is 5.51. The van der Waals surface area contributed by atoms with Crippen LogP contribution in [0.15, 0.2) is 30.5 Å². The van der Waals surface area contributed by atoms with Gasteiger partial charge in [0.05, 0.1) is 18.8 Å². The molecule has 5 heteroatoms. The first-order chi connectivity index (χ1) is 10.2. The topological polar surface area (TPSA) is 59.9 Å². The highest BCUT2D eigenvalue weighted by molar-refractivity contribution is 5.39. The van der Waals surface area contributed by atoms with Gasteiger partial charge in [-0.3, -0.25) is 4.98 Å². The van der Waals surface area contributed by atoms with Crippen molar-refractivity contribution in [3.05, 3.63) is 42.0 Å². The zero-order chi connectivity index (χ0) is 15.1. The van der Waals surface area contributed by atoms with E-state index < -0.39 is 0 Å². The SMILES string of the molecule is CCOc1cc(NCc2ccccn2)nc(CC(C)C)n1. The summed E-state index contributed by atoms with van der Waals surface area (Å²) in [5.74, 6) is 2.70. The van der Waals surface area contributed by atoms with Crippen molar-refractivity contribution >= 4 is 5.82 Å². The van der Waals surface area contributed by atoms with Crippen LogP contribution in [0, 0.1) is 5.92 Å². The molecule has 2 heterocycles. The van der Waals surface area contributed by atoms with E-state index in [1.54, 1.807) is 6.20 Å². The lowest BCUT2D eigenvalue weighted by Gasteiger charge is -2.11. The van der Waals surface area contributed by atoms with E-state index in [2.05, 4.69) is 34.1 Å². The second kappa shape index (κ2) is 7.57. The summed E-state index contributed by atoms with van der Waals surface area (Å²) in [6.07, 6.45) is 2.62. The first-order valence-corrected chi connectivity index (χ1v) is 7.32. The molecule has 0 spiro atoms. The van der Waals surface area contributed by atoms with Crippen molar-refractivity contribution < 1.29 is 4.74 Å². The fourth-order valence-electron chi connectivity index (χ4n) is 1.93. The summed E-state index contributed by atoms with van der Waals surface area (Å²) in [5, 5.41) is 3.28. The third kappa shape index (κ3) is 5.02. The number of nitrogens with one attached hydrogen (secondary N) is 1. The number of rotatable bonds is 7. The molecular weight excluding hydrogens is 264 g/mol. The Balaban J connectivity index is 2.11. The van der Waals surface area contributed by atoms with Crippen LogP contribution in [0.1, 0.15) is 32.3 Å². The van der Waals surface area contributed by atoms with Crippen molar-refractivity contribution in [3.8, 4) is 5.88 Å². The van der Waals surface area contributed by atoms with Crippen LogP contribution >= 0.6 is 0 Å². The van der Waals surface area contributed by atoms with Crippen molar-refractivity contribution in [2.45, 2.75) is 33.7 Å². The number of aromatic nitrogens is 3. The maximum atomic E-state index is 5.51. The Bertz CT molecular complexity index is 557. The van der Waals surface area contributed by atoms with E-state index in [4.69, 9.17) is 4.74 Å². The lowest BCUT2D eigenvalue weighted by atomic mass is 10.1. The predicted molar refractivity (Wildman–Crippen MR) is 83.3 cm³/mol. The number of hydrogen-bond acceptors (Lipinski definition) is 5. The number of nitrogens with zero attached hydrogens (tertiary/aromatic N) is 3. The summed E-state index contributed by atoms with van der Waals surface area (Å²) in [4.78, 5) is 13.3. The van der Waals surface area contributed by atoms with Gasteiger partial charge in [0.1, 0.15) is 11.6 Å². The Morgan fingerprint density at radius 1 is 1.24 bits per heavy atom. The van der Waals surface area contributed by atoms with Crippen LogP contribution < -0.4 is 10.1 Å². The van der Waals surface area contributed by atoms with E-state index in [0.717, 1.165) is 23.8 Å². The smallest absolute Gasteiger partial charge is 0.218 e. The Labute approximate surface area is 125 Å². The third-order valence-electron chi connectivity index (χ3n) is 2.81. The number of hydrogen-bond donors (Lipinski definition) is 1. The molecular formula is C16H22N4O. The van der Waals surface area contributed by atoms with Crippen molar-refractivity contribution in [1.82, 2.24) is 15.0 Å². The first-order valence-electron chi connectivity index (χ1n) is 7.32. The van der Waals surface area contributed by atoms with Gasteiger partial charge in [0, 0.05) is 18.7 Å². The first kappa shape index (κ1) is 15.2. The largest absolute Gasteiger partial charge is 0.478 e. The lowest BCUT2D eigenvalue weighted by Crippen LogP contribution is -2.08. The van der Waals surface area contributed by atoms with Gasteiger partial charge in [0.15, 0.2) is 0 Å². The zero-order valence-corrected chi connectivity index (χ0v) is 12.8. The minimum absolute atomic E-state index is 0.505. The molecule has 0 saturated carbocycles. The van der Waals surface area contributed by atoms with E-state index >= 15 is 0 Å². The van der Waals surface area contributed by atoms with Gasteiger partial charge >= 0.3 is 0 Å². The van der Waals surface area contributed by atoms with Gasteiger partial charge in [-0.1, -0.05) is 19.9 Å². The van der Waals surface area contributed by atoms with Crippen LogP contribution in [0.3, 0.4) is 0 Å². The number of pyridine rings is 1. The molecule has 2 aromatic rings. The van der Waals surface area contributed by atoms with Gasteiger partial charge in [-0.05, 0) is 25.0 Å².